The van der Waals surface area contributed by atoms with Crippen LogP contribution in [-0.4, -0.2) is 14.8 Å². The first-order valence-corrected chi connectivity index (χ1v) is 10.4. The highest BCUT2D eigenvalue weighted by atomic mass is 79.9. The van der Waals surface area contributed by atoms with Gasteiger partial charge in [0.2, 0.25) is 0 Å². The van der Waals surface area contributed by atoms with E-state index in [1.54, 1.807) is 18.0 Å². The Morgan fingerprint density at radius 2 is 1.89 bits per heavy atom. The van der Waals surface area contributed by atoms with Crippen LogP contribution in [0, 0.1) is 6.92 Å². The average molecular weight is 440 g/mol. The standard InChI is InChI=1S/C21H18BrN3OS/c1-15-7-9-17(10-8-15)20-23-24-21(25(20)13-19-6-3-11-26-19)27-14-16-4-2-5-18(22)12-16/h2-12H,13-14H2,1H3. The van der Waals surface area contributed by atoms with Crippen molar-refractivity contribution in [2.45, 2.75) is 24.4 Å². The van der Waals surface area contributed by atoms with Crippen LogP contribution in [0.1, 0.15) is 16.9 Å². The molecule has 2 aromatic heterocycles. The van der Waals surface area contributed by atoms with Crippen LogP contribution in [-0.2, 0) is 12.3 Å². The summed E-state index contributed by atoms with van der Waals surface area (Å²) in [5, 5.41) is 9.80. The fraction of sp³-hybridized carbons (Fsp3) is 0.143. The lowest BCUT2D eigenvalue weighted by Gasteiger charge is -2.09. The number of nitrogens with zero attached hydrogens (tertiary/aromatic N) is 3. The van der Waals surface area contributed by atoms with E-state index < -0.39 is 0 Å². The maximum Gasteiger partial charge on any atom is 0.192 e. The summed E-state index contributed by atoms with van der Waals surface area (Å²) >= 11 is 5.20. The van der Waals surface area contributed by atoms with Crippen molar-refractivity contribution in [1.82, 2.24) is 14.8 Å². The van der Waals surface area contributed by atoms with Gasteiger partial charge < -0.3 is 4.42 Å². The number of hydrogen-bond donors (Lipinski definition) is 0. The normalized spacial score (nSPS) is 11.0. The topological polar surface area (TPSA) is 43.9 Å². The highest BCUT2D eigenvalue weighted by Crippen LogP contribution is 2.28. The second-order valence-corrected chi connectivity index (χ2v) is 8.11. The molecule has 0 radical (unpaired) electrons. The molecule has 0 aliphatic carbocycles. The average Bonchev–Trinajstić information content (AvgIpc) is 3.31. The van der Waals surface area contributed by atoms with Crippen molar-refractivity contribution in [2.24, 2.45) is 0 Å². The zero-order chi connectivity index (χ0) is 18.6. The van der Waals surface area contributed by atoms with Crippen molar-refractivity contribution >= 4 is 27.7 Å². The van der Waals surface area contributed by atoms with Crippen molar-refractivity contribution in [2.75, 3.05) is 0 Å². The van der Waals surface area contributed by atoms with Crippen LogP contribution >= 0.6 is 27.7 Å². The van der Waals surface area contributed by atoms with Crippen molar-refractivity contribution in [1.29, 1.82) is 0 Å². The van der Waals surface area contributed by atoms with E-state index in [-0.39, 0.29) is 0 Å². The summed E-state index contributed by atoms with van der Waals surface area (Å²) in [6.45, 7) is 2.68. The Balaban J connectivity index is 1.65. The summed E-state index contributed by atoms with van der Waals surface area (Å²) in [6, 6.07) is 20.6. The number of furan rings is 1. The summed E-state index contributed by atoms with van der Waals surface area (Å²) in [4.78, 5) is 0. The van der Waals surface area contributed by atoms with Crippen LogP contribution in [0.3, 0.4) is 0 Å². The Kier molecular flexibility index (Phi) is 5.45. The van der Waals surface area contributed by atoms with E-state index in [1.807, 2.05) is 24.3 Å². The Bertz CT molecular complexity index is 1030. The molecule has 0 bridgehead atoms. The fourth-order valence-corrected chi connectivity index (χ4v) is 4.11. The van der Waals surface area contributed by atoms with Crippen LogP contribution in [0.25, 0.3) is 11.4 Å². The van der Waals surface area contributed by atoms with Crippen LogP contribution < -0.4 is 0 Å². The van der Waals surface area contributed by atoms with Crippen molar-refractivity contribution in [3.05, 3.63) is 88.3 Å². The van der Waals surface area contributed by atoms with Gasteiger partial charge in [0.15, 0.2) is 11.0 Å². The monoisotopic (exact) mass is 439 g/mol. The van der Waals surface area contributed by atoms with Gasteiger partial charge in [-0.05, 0) is 36.8 Å². The van der Waals surface area contributed by atoms with Gasteiger partial charge in [-0.15, -0.1) is 10.2 Å². The Morgan fingerprint density at radius 1 is 1.04 bits per heavy atom. The molecular formula is C21H18BrN3OS. The summed E-state index contributed by atoms with van der Waals surface area (Å²) < 4.78 is 8.76. The Morgan fingerprint density at radius 3 is 2.63 bits per heavy atom. The second-order valence-electron chi connectivity index (χ2n) is 6.26. The first-order chi connectivity index (χ1) is 13.2. The molecule has 2 heterocycles. The van der Waals surface area contributed by atoms with Crippen LogP contribution in [0.5, 0.6) is 0 Å². The van der Waals surface area contributed by atoms with Gasteiger partial charge in [-0.1, -0.05) is 69.7 Å². The van der Waals surface area contributed by atoms with E-state index >= 15 is 0 Å². The van der Waals surface area contributed by atoms with E-state index in [4.69, 9.17) is 4.42 Å². The number of aryl methyl sites for hydroxylation is 1. The highest BCUT2D eigenvalue weighted by Gasteiger charge is 2.16. The number of thioether (sulfide) groups is 1. The van der Waals surface area contributed by atoms with E-state index in [0.29, 0.717) is 6.54 Å². The SMILES string of the molecule is Cc1ccc(-c2nnc(SCc3cccc(Br)c3)n2Cc2ccco2)cc1. The minimum Gasteiger partial charge on any atom is -0.467 e. The molecule has 0 unspecified atom stereocenters. The predicted molar refractivity (Wildman–Crippen MR) is 112 cm³/mol. The minimum atomic E-state index is 0.601. The molecule has 27 heavy (non-hydrogen) atoms. The lowest BCUT2D eigenvalue weighted by atomic mass is 10.1. The lowest BCUT2D eigenvalue weighted by molar-refractivity contribution is 0.485. The zero-order valence-corrected chi connectivity index (χ0v) is 17.2. The molecule has 136 valence electrons. The molecule has 0 fully saturated rings. The minimum absolute atomic E-state index is 0.601. The number of benzene rings is 2. The molecule has 0 saturated carbocycles. The maximum absolute atomic E-state index is 5.56. The number of rotatable bonds is 6. The van der Waals surface area contributed by atoms with Crippen LogP contribution in [0.4, 0.5) is 0 Å². The molecule has 0 saturated heterocycles. The highest BCUT2D eigenvalue weighted by molar-refractivity contribution is 9.10. The summed E-state index contributed by atoms with van der Waals surface area (Å²) in [5.41, 5.74) is 3.51. The summed E-state index contributed by atoms with van der Waals surface area (Å²) in [6.07, 6.45) is 1.69. The van der Waals surface area contributed by atoms with Gasteiger partial charge in [0.1, 0.15) is 5.76 Å². The largest absolute Gasteiger partial charge is 0.467 e. The van der Waals surface area contributed by atoms with Gasteiger partial charge in [-0.2, -0.15) is 0 Å². The van der Waals surface area contributed by atoms with Crippen molar-refractivity contribution < 1.29 is 4.42 Å². The van der Waals surface area contributed by atoms with Crippen LogP contribution in [0.2, 0.25) is 0 Å². The molecule has 2 aromatic carbocycles. The first kappa shape index (κ1) is 18.1. The Labute approximate surface area is 170 Å². The third kappa shape index (κ3) is 4.34. The maximum atomic E-state index is 5.56. The van der Waals surface area contributed by atoms with Gasteiger partial charge in [0, 0.05) is 15.8 Å². The second kappa shape index (κ2) is 8.15. The van der Waals surface area contributed by atoms with E-state index in [2.05, 4.69) is 74.0 Å². The Hall–Kier alpha value is -2.31. The smallest absolute Gasteiger partial charge is 0.192 e. The number of hydrogen-bond acceptors (Lipinski definition) is 4. The molecule has 0 aliphatic rings. The molecule has 4 nitrogen and oxygen atoms in total. The number of halogens is 1. The van der Waals surface area contributed by atoms with Gasteiger partial charge in [0.25, 0.3) is 0 Å². The molecule has 0 spiro atoms. The van der Waals surface area contributed by atoms with Gasteiger partial charge in [0.05, 0.1) is 12.8 Å². The molecule has 0 atom stereocenters. The van der Waals surface area contributed by atoms with E-state index in [0.717, 1.165) is 32.5 Å². The van der Waals surface area contributed by atoms with E-state index in [1.165, 1.54) is 11.1 Å². The zero-order valence-electron chi connectivity index (χ0n) is 14.8. The quantitative estimate of drug-likeness (QED) is 0.348. The number of aromatic nitrogens is 3. The lowest BCUT2D eigenvalue weighted by Crippen LogP contribution is -2.03. The van der Waals surface area contributed by atoms with Crippen LogP contribution in [0.15, 0.2) is 81.0 Å². The summed E-state index contributed by atoms with van der Waals surface area (Å²) in [7, 11) is 0. The van der Waals surface area contributed by atoms with Crippen molar-refractivity contribution in [3.63, 3.8) is 0 Å². The van der Waals surface area contributed by atoms with Gasteiger partial charge >= 0.3 is 0 Å². The summed E-state index contributed by atoms with van der Waals surface area (Å²) in [5.74, 6) is 2.56. The molecule has 0 N–H and O–H groups in total. The predicted octanol–water partition coefficient (Wildman–Crippen LogP) is 5.95. The molecule has 6 heteroatoms. The molecular weight excluding hydrogens is 422 g/mol. The molecule has 4 aromatic rings. The van der Waals surface area contributed by atoms with Crippen molar-refractivity contribution in [3.8, 4) is 11.4 Å². The molecule has 4 rings (SSSR count). The van der Waals surface area contributed by atoms with Gasteiger partial charge in [-0.3, -0.25) is 4.57 Å². The third-order valence-electron chi connectivity index (χ3n) is 4.18. The molecule has 0 amide bonds. The fourth-order valence-electron chi connectivity index (χ4n) is 2.79. The van der Waals surface area contributed by atoms with E-state index in [9.17, 15) is 0 Å². The molecule has 0 aliphatic heterocycles. The first-order valence-electron chi connectivity index (χ1n) is 8.59. The third-order valence-corrected chi connectivity index (χ3v) is 5.71. The van der Waals surface area contributed by atoms with Gasteiger partial charge in [-0.25, -0.2) is 0 Å².